The molecule has 0 aliphatic carbocycles. The molecule has 0 bridgehead atoms. The molecular weight excluding hydrogens is 739 g/mol. The van der Waals surface area contributed by atoms with Crippen molar-refractivity contribution in [1.29, 1.82) is 0 Å². The minimum atomic E-state index is -4.73. The second kappa shape index (κ2) is 16.3. The lowest BCUT2D eigenvalue weighted by Gasteiger charge is -2.35. The van der Waals surface area contributed by atoms with Crippen LogP contribution < -0.4 is 14.4 Å². The second-order valence-electron chi connectivity index (χ2n) is 12.7. The number of rotatable bonds is 13. The van der Waals surface area contributed by atoms with Crippen LogP contribution in [0.2, 0.25) is 15.1 Å². The summed E-state index contributed by atoms with van der Waals surface area (Å²) in [5, 5.41) is 15.5. The maximum Gasteiger partial charge on any atom is 0.273 e. The van der Waals surface area contributed by atoms with E-state index in [1.54, 1.807) is 45.0 Å². The SMILES string of the molecule is COc1ccc(Cl)cc1N(CC(=O)N(Cc1ccc(Cl)cc1Cl)[C@@H](Cc1ccccc1)C(=O)NC(C)(C)C)S(=O)(=O)c1ccc(C)c([N+](=O)[O-])c1. The number of nitro benzene ring substituents is 1. The Morgan fingerprint density at radius 1 is 0.941 bits per heavy atom. The van der Waals surface area contributed by atoms with E-state index in [2.05, 4.69) is 5.32 Å². The van der Waals surface area contributed by atoms with Crippen LogP contribution in [0.1, 0.15) is 37.5 Å². The molecular formula is C36H37Cl3N4O7S. The van der Waals surface area contributed by atoms with Gasteiger partial charge in [-0.1, -0.05) is 77.3 Å². The molecule has 15 heteroatoms. The smallest absolute Gasteiger partial charge is 0.273 e. The molecule has 0 aromatic heterocycles. The van der Waals surface area contributed by atoms with E-state index in [1.807, 2.05) is 18.2 Å². The highest BCUT2D eigenvalue weighted by Gasteiger charge is 2.37. The highest BCUT2D eigenvalue weighted by Crippen LogP contribution is 2.36. The molecule has 11 nitrogen and oxygen atoms in total. The highest BCUT2D eigenvalue weighted by atomic mass is 35.5. The van der Waals surface area contributed by atoms with Gasteiger partial charge in [-0.05, 0) is 75.2 Å². The van der Waals surface area contributed by atoms with Crippen LogP contribution in [0.3, 0.4) is 0 Å². The van der Waals surface area contributed by atoms with Gasteiger partial charge in [0.05, 0.1) is 22.6 Å². The van der Waals surface area contributed by atoms with Crippen molar-refractivity contribution in [3.8, 4) is 5.75 Å². The summed E-state index contributed by atoms with van der Waals surface area (Å²) < 4.78 is 35.3. The average Bonchev–Trinajstić information content (AvgIpc) is 3.05. The van der Waals surface area contributed by atoms with Gasteiger partial charge in [-0.3, -0.25) is 24.0 Å². The van der Waals surface area contributed by atoms with Crippen LogP contribution in [0.25, 0.3) is 0 Å². The Morgan fingerprint density at radius 2 is 1.59 bits per heavy atom. The Kier molecular flexibility index (Phi) is 12.6. The number of anilines is 1. The summed E-state index contributed by atoms with van der Waals surface area (Å²) in [5.41, 5.74) is 0.189. The summed E-state index contributed by atoms with van der Waals surface area (Å²) in [7, 11) is -3.41. The Morgan fingerprint density at radius 3 is 2.20 bits per heavy atom. The molecule has 0 unspecified atom stereocenters. The third kappa shape index (κ3) is 9.91. The number of aryl methyl sites for hydroxylation is 1. The molecule has 0 saturated heterocycles. The van der Waals surface area contributed by atoms with Gasteiger partial charge >= 0.3 is 0 Å². The normalized spacial score (nSPS) is 12.2. The number of carbonyl (C=O) groups is 2. The number of halogens is 3. The number of benzene rings is 4. The van der Waals surface area contributed by atoms with E-state index in [1.165, 1.54) is 55.3 Å². The maximum atomic E-state index is 14.8. The number of nitrogens with zero attached hydrogens (tertiary/aromatic N) is 3. The standard InChI is InChI=1S/C36H37Cl3N4O7S/c1-23-11-15-28(20-30(23)43(46)47)51(48,49)42(31-19-27(38)14-16-33(31)50-5)22-34(44)41(21-25-12-13-26(37)18-29(25)39)32(35(45)40-36(2,3)4)17-24-9-7-6-8-10-24/h6-16,18-20,32H,17,21-22H2,1-5H3,(H,40,45)/t32-/m0/s1. The number of ether oxygens (including phenoxy) is 1. The van der Waals surface area contributed by atoms with Crippen molar-refractivity contribution in [2.75, 3.05) is 18.0 Å². The number of nitro groups is 1. The lowest BCUT2D eigenvalue weighted by atomic mass is 10.0. The largest absolute Gasteiger partial charge is 0.495 e. The minimum Gasteiger partial charge on any atom is -0.495 e. The van der Waals surface area contributed by atoms with Crippen molar-refractivity contribution >= 4 is 68.0 Å². The van der Waals surface area contributed by atoms with Crippen LogP contribution >= 0.6 is 34.8 Å². The van der Waals surface area contributed by atoms with E-state index in [0.29, 0.717) is 10.6 Å². The molecule has 270 valence electrons. The van der Waals surface area contributed by atoms with Crippen molar-refractivity contribution in [1.82, 2.24) is 10.2 Å². The molecule has 0 spiro atoms. The van der Waals surface area contributed by atoms with Crippen LogP contribution in [-0.4, -0.2) is 55.3 Å². The van der Waals surface area contributed by atoms with E-state index in [0.717, 1.165) is 15.9 Å². The van der Waals surface area contributed by atoms with Gasteiger partial charge in [0.15, 0.2) is 0 Å². The summed E-state index contributed by atoms with van der Waals surface area (Å²) in [6, 6.07) is 20.3. The molecule has 0 heterocycles. The van der Waals surface area contributed by atoms with E-state index < -0.39 is 55.5 Å². The zero-order chi connectivity index (χ0) is 37.7. The molecule has 0 aliphatic heterocycles. The second-order valence-corrected chi connectivity index (χ2v) is 15.9. The van der Waals surface area contributed by atoms with E-state index in [9.17, 15) is 28.1 Å². The first-order chi connectivity index (χ1) is 23.9. The number of nitrogens with one attached hydrogen (secondary N) is 1. The average molecular weight is 776 g/mol. The van der Waals surface area contributed by atoms with E-state index in [-0.39, 0.29) is 40.0 Å². The Bertz CT molecular complexity index is 2040. The van der Waals surface area contributed by atoms with Crippen LogP contribution in [0.5, 0.6) is 5.75 Å². The highest BCUT2D eigenvalue weighted by molar-refractivity contribution is 7.92. The molecule has 51 heavy (non-hydrogen) atoms. The van der Waals surface area contributed by atoms with Gasteiger partial charge in [0.25, 0.3) is 15.7 Å². The zero-order valence-corrected chi connectivity index (χ0v) is 31.6. The molecule has 4 aromatic rings. The zero-order valence-electron chi connectivity index (χ0n) is 28.5. The predicted molar refractivity (Wildman–Crippen MR) is 199 cm³/mol. The number of amides is 2. The number of hydrogen-bond donors (Lipinski definition) is 1. The monoisotopic (exact) mass is 774 g/mol. The molecule has 0 saturated carbocycles. The van der Waals surface area contributed by atoms with Crippen molar-refractivity contribution in [2.24, 2.45) is 0 Å². The van der Waals surface area contributed by atoms with Gasteiger partial charge in [0, 0.05) is 45.2 Å². The van der Waals surface area contributed by atoms with E-state index >= 15 is 0 Å². The van der Waals surface area contributed by atoms with Crippen molar-refractivity contribution < 1.29 is 27.7 Å². The third-order valence-corrected chi connectivity index (χ3v) is 10.4. The van der Waals surface area contributed by atoms with Crippen LogP contribution in [-0.2, 0) is 32.6 Å². The number of hydrogen-bond acceptors (Lipinski definition) is 7. The quantitative estimate of drug-likeness (QED) is 0.109. The summed E-state index contributed by atoms with van der Waals surface area (Å²) in [5.74, 6) is -1.23. The Hall–Kier alpha value is -4.36. The molecule has 4 aromatic carbocycles. The topological polar surface area (TPSA) is 139 Å². The summed E-state index contributed by atoms with van der Waals surface area (Å²) >= 11 is 19.1. The van der Waals surface area contributed by atoms with Crippen LogP contribution in [0, 0.1) is 17.0 Å². The Labute approximate surface area is 312 Å². The lowest BCUT2D eigenvalue weighted by molar-refractivity contribution is -0.385. The number of methoxy groups -OCH3 is 1. The van der Waals surface area contributed by atoms with Gasteiger partial charge in [0.2, 0.25) is 11.8 Å². The lowest BCUT2D eigenvalue weighted by Crippen LogP contribution is -2.56. The summed E-state index contributed by atoms with van der Waals surface area (Å²) in [6.07, 6.45) is 0.0666. The van der Waals surface area contributed by atoms with Crippen LogP contribution in [0.15, 0.2) is 89.8 Å². The van der Waals surface area contributed by atoms with Gasteiger partial charge < -0.3 is 15.0 Å². The molecule has 4 rings (SSSR count). The van der Waals surface area contributed by atoms with Crippen LogP contribution in [0.4, 0.5) is 11.4 Å². The maximum absolute atomic E-state index is 14.8. The van der Waals surface area contributed by atoms with E-state index in [4.69, 9.17) is 39.5 Å². The third-order valence-electron chi connectivity index (χ3n) is 7.78. The predicted octanol–water partition coefficient (Wildman–Crippen LogP) is 7.62. The molecule has 2 amide bonds. The van der Waals surface area contributed by atoms with Gasteiger partial charge in [-0.15, -0.1) is 0 Å². The summed E-state index contributed by atoms with van der Waals surface area (Å²) in [4.78, 5) is 40.8. The molecule has 0 aliphatic rings. The molecule has 0 fully saturated rings. The van der Waals surface area contributed by atoms with Gasteiger partial charge in [0.1, 0.15) is 18.3 Å². The fraction of sp³-hybridized carbons (Fsp3) is 0.278. The van der Waals surface area contributed by atoms with Gasteiger partial charge in [-0.25, -0.2) is 8.42 Å². The first kappa shape index (κ1) is 39.4. The van der Waals surface area contributed by atoms with Crippen molar-refractivity contribution in [3.05, 3.63) is 127 Å². The Balaban J connectivity index is 1.93. The molecule has 1 atom stereocenters. The van der Waals surface area contributed by atoms with Gasteiger partial charge in [-0.2, -0.15) is 0 Å². The first-order valence-corrected chi connectivity index (χ1v) is 18.2. The first-order valence-electron chi connectivity index (χ1n) is 15.6. The van der Waals surface area contributed by atoms with Crippen molar-refractivity contribution in [3.63, 3.8) is 0 Å². The number of carbonyl (C=O) groups excluding carboxylic acids is 2. The van der Waals surface area contributed by atoms with Crippen molar-refractivity contribution in [2.45, 2.75) is 57.1 Å². The number of sulfonamides is 1. The fourth-order valence-corrected chi connectivity index (χ4v) is 7.36. The molecule has 0 radical (unpaired) electrons. The minimum absolute atomic E-state index is 0.0518. The molecule has 1 N–H and O–H groups in total. The summed E-state index contributed by atoms with van der Waals surface area (Å²) in [6.45, 7) is 5.80. The fourth-order valence-electron chi connectivity index (χ4n) is 5.29.